The zero-order valence-corrected chi connectivity index (χ0v) is 19.9. The molecule has 160 valence electrons. The van der Waals surface area contributed by atoms with E-state index >= 15 is 0 Å². The summed E-state index contributed by atoms with van der Waals surface area (Å²) in [6.45, 7) is 16.3. The zero-order chi connectivity index (χ0) is 21.2. The summed E-state index contributed by atoms with van der Waals surface area (Å²) in [5, 5.41) is 0.215. The van der Waals surface area contributed by atoms with Crippen molar-refractivity contribution in [2.75, 3.05) is 6.61 Å². The minimum atomic E-state index is -1.75. The summed E-state index contributed by atoms with van der Waals surface area (Å²) < 4.78 is 17.6. The van der Waals surface area contributed by atoms with Crippen LogP contribution in [0, 0.1) is 0 Å². The summed E-state index contributed by atoms with van der Waals surface area (Å²) >= 11 is 0. The average molecular weight is 409 g/mol. The third-order valence-corrected chi connectivity index (χ3v) is 10.1. The Kier molecular flexibility index (Phi) is 10.4. The van der Waals surface area contributed by atoms with Crippen LogP contribution in [-0.2, 0) is 25.3 Å². The molecule has 0 fully saturated rings. The smallest absolute Gasteiger partial charge is 0.308 e. The predicted octanol–water partition coefficient (Wildman–Crippen LogP) is 6.11. The first-order valence-electron chi connectivity index (χ1n) is 10.5. The summed E-state index contributed by atoms with van der Waals surface area (Å²) in [5.41, 5.74) is 1.12. The van der Waals surface area contributed by atoms with E-state index in [1.807, 2.05) is 37.3 Å². The summed E-state index contributed by atoms with van der Waals surface area (Å²) in [6.07, 6.45) is 3.17. The van der Waals surface area contributed by atoms with Crippen molar-refractivity contribution in [3.8, 4) is 0 Å². The van der Waals surface area contributed by atoms with E-state index < -0.39 is 8.32 Å². The van der Waals surface area contributed by atoms with Crippen LogP contribution in [0.2, 0.25) is 18.1 Å². The molecular formula is C23H40O4Si. The Balaban J connectivity index is 2.52. The van der Waals surface area contributed by atoms with E-state index in [9.17, 15) is 4.79 Å². The number of hydrogen-bond acceptors (Lipinski definition) is 4. The molecule has 0 bridgehead atoms. The average Bonchev–Trinajstić information content (AvgIpc) is 2.59. The van der Waals surface area contributed by atoms with Gasteiger partial charge in [-0.15, -0.1) is 0 Å². The number of benzene rings is 1. The molecule has 0 heterocycles. The Bertz CT molecular complexity index is 566. The number of rotatable bonds is 12. The molecule has 0 aromatic heterocycles. The number of carbonyl (C=O) groups excluding carboxylic acids is 1. The van der Waals surface area contributed by atoms with Crippen LogP contribution < -0.4 is 0 Å². The SMILES string of the molecule is CCOC(=O)C[C@H](CCC[C@@H](C)O[Si](C)(C)C(C)(C)C)OCc1ccccc1. The van der Waals surface area contributed by atoms with Gasteiger partial charge in [-0.1, -0.05) is 51.1 Å². The molecule has 0 unspecified atom stereocenters. The Hall–Kier alpha value is -1.17. The quantitative estimate of drug-likeness (QED) is 0.309. The summed E-state index contributed by atoms with van der Waals surface area (Å²) in [5.74, 6) is -0.189. The highest BCUT2D eigenvalue weighted by Gasteiger charge is 2.38. The van der Waals surface area contributed by atoms with E-state index in [1.54, 1.807) is 0 Å². The lowest BCUT2D eigenvalue weighted by Gasteiger charge is -2.38. The minimum absolute atomic E-state index is 0.126. The maximum Gasteiger partial charge on any atom is 0.308 e. The molecule has 1 aromatic rings. The third kappa shape index (κ3) is 9.35. The fraction of sp³-hybridized carbons (Fsp3) is 0.696. The Labute approximate surface area is 173 Å². The Morgan fingerprint density at radius 1 is 1.11 bits per heavy atom. The third-order valence-electron chi connectivity index (χ3n) is 5.47. The molecular weight excluding hydrogens is 368 g/mol. The molecule has 0 aliphatic rings. The van der Waals surface area contributed by atoms with Gasteiger partial charge in [0.25, 0.3) is 0 Å². The van der Waals surface area contributed by atoms with Crippen molar-refractivity contribution in [2.24, 2.45) is 0 Å². The van der Waals surface area contributed by atoms with Crippen molar-refractivity contribution in [1.82, 2.24) is 0 Å². The Morgan fingerprint density at radius 3 is 2.32 bits per heavy atom. The topological polar surface area (TPSA) is 44.8 Å². The van der Waals surface area contributed by atoms with Crippen molar-refractivity contribution in [3.05, 3.63) is 35.9 Å². The van der Waals surface area contributed by atoms with E-state index in [4.69, 9.17) is 13.9 Å². The fourth-order valence-corrected chi connectivity index (χ4v) is 4.29. The molecule has 0 saturated heterocycles. The van der Waals surface area contributed by atoms with Gasteiger partial charge in [-0.3, -0.25) is 4.79 Å². The summed E-state index contributed by atoms with van der Waals surface area (Å²) in [4.78, 5) is 11.9. The predicted molar refractivity (Wildman–Crippen MR) is 118 cm³/mol. The molecule has 0 N–H and O–H groups in total. The van der Waals surface area contributed by atoms with Crippen molar-refractivity contribution >= 4 is 14.3 Å². The molecule has 2 atom stereocenters. The highest BCUT2D eigenvalue weighted by atomic mass is 28.4. The molecule has 1 aromatic carbocycles. The number of ether oxygens (including phenoxy) is 2. The van der Waals surface area contributed by atoms with Gasteiger partial charge in [-0.2, -0.15) is 0 Å². The van der Waals surface area contributed by atoms with Gasteiger partial charge in [-0.05, 0) is 56.8 Å². The van der Waals surface area contributed by atoms with Crippen LogP contribution in [0.15, 0.2) is 30.3 Å². The molecule has 1 rings (SSSR count). The minimum Gasteiger partial charge on any atom is -0.466 e. The molecule has 0 spiro atoms. The standard InChI is InChI=1S/C23H40O4Si/c1-8-25-22(24)17-21(26-18-20-14-10-9-11-15-20)16-12-13-19(2)27-28(6,7)23(3,4)5/h9-11,14-15,19,21H,8,12-13,16-18H2,1-7H3/t19-,21+/m1/s1. The maximum atomic E-state index is 11.9. The Morgan fingerprint density at radius 2 is 1.75 bits per heavy atom. The van der Waals surface area contributed by atoms with E-state index in [-0.39, 0.29) is 23.2 Å². The zero-order valence-electron chi connectivity index (χ0n) is 18.9. The van der Waals surface area contributed by atoms with E-state index in [2.05, 4.69) is 40.8 Å². The lowest BCUT2D eigenvalue weighted by atomic mass is 10.1. The molecule has 0 aliphatic heterocycles. The number of carbonyl (C=O) groups is 1. The largest absolute Gasteiger partial charge is 0.466 e. The van der Waals surface area contributed by atoms with Gasteiger partial charge in [0.2, 0.25) is 0 Å². The lowest BCUT2D eigenvalue weighted by molar-refractivity contribution is -0.146. The second-order valence-corrected chi connectivity index (χ2v) is 13.8. The fourth-order valence-electron chi connectivity index (χ4n) is 2.81. The summed E-state index contributed by atoms with van der Waals surface area (Å²) in [6, 6.07) is 10.1. The van der Waals surface area contributed by atoms with Crippen LogP contribution in [0.3, 0.4) is 0 Å². The van der Waals surface area contributed by atoms with Gasteiger partial charge in [0.1, 0.15) is 0 Å². The maximum absolute atomic E-state index is 11.9. The van der Waals surface area contributed by atoms with Crippen LogP contribution in [0.1, 0.15) is 65.9 Å². The second kappa shape index (κ2) is 11.7. The van der Waals surface area contributed by atoms with E-state index in [0.717, 1.165) is 24.8 Å². The number of hydrogen-bond donors (Lipinski definition) is 0. The van der Waals surface area contributed by atoms with Gasteiger partial charge in [0.05, 0.1) is 25.7 Å². The molecule has 28 heavy (non-hydrogen) atoms. The van der Waals surface area contributed by atoms with Gasteiger partial charge in [0.15, 0.2) is 8.32 Å². The van der Waals surface area contributed by atoms with Crippen LogP contribution >= 0.6 is 0 Å². The van der Waals surface area contributed by atoms with Crippen LogP contribution in [-0.4, -0.2) is 33.1 Å². The first-order valence-corrected chi connectivity index (χ1v) is 13.4. The van der Waals surface area contributed by atoms with Gasteiger partial charge < -0.3 is 13.9 Å². The normalized spacial score (nSPS) is 14.5. The highest BCUT2D eigenvalue weighted by Crippen LogP contribution is 2.37. The molecule has 0 amide bonds. The monoisotopic (exact) mass is 408 g/mol. The van der Waals surface area contributed by atoms with Crippen molar-refractivity contribution in [2.45, 2.75) is 97.2 Å². The van der Waals surface area contributed by atoms with Crippen molar-refractivity contribution in [1.29, 1.82) is 0 Å². The molecule has 0 aliphatic carbocycles. The second-order valence-electron chi connectivity index (χ2n) is 9.05. The van der Waals surface area contributed by atoms with E-state index in [0.29, 0.717) is 19.6 Å². The lowest BCUT2D eigenvalue weighted by Crippen LogP contribution is -2.43. The van der Waals surface area contributed by atoms with Crippen LogP contribution in [0.5, 0.6) is 0 Å². The van der Waals surface area contributed by atoms with Crippen molar-refractivity contribution in [3.63, 3.8) is 0 Å². The number of esters is 1. The van der Waals surface area contributed by atoms with Crippen LogP contribution in [0.4, 0.5) is 0 Å². The molecule has 4 nitrogen and oxygen atoms in total. The first-order chi connectivity index (χ1) is 13.0. The molecule has 0 radical (unpaired) electrons. The van der Waals surface area contributed by atoms with Gasteiger partial charge in [-0.25, -0.2) is 0 Å². The van der Waals surface area contributed by atoms with Crippen LogP contribution in [0.25, 0.3) is 0 Å². The highest BCUT2D eigenvalue weighted by molar-refractivity contribution is 6.74. The summed E-state index contributed by atoms with van der Waals surface area (Å²) in [7, 11) is -1.75. The van der Waals surface area contributed by atoms with Crippen molar-refractivity contribution < 1.29 is 18.7 Å². The van der Waals surface area contributed by atoms with Gasteiger partial charge >= 0.3 is 5.97 Å². The molecule has 5 heteroatoms. The molecule has 0 saturated carbocycles. The van der Waals surface area contributed by atoms with Gasteiger partial charge in [0, 0.05) is 6.10 Å². The first kappa shape index (κ1) is 24.9. The van der Waals surface area contributed by atoms with E-state index in [1.165, 1.54) is 0 Å².